The molecule has 0 bridgehead atoms. The summed E-state index contributed by atoms with van der Waals surface area (Å²) < 4.78 is 0. The van der Waals surface area contributed by atoms with Crippen LogP contribution in [-0.4, -0.2) is 5.11 Å². The van der Waals surface area contributed by atoms with Gasteiger partial charge in [0, 0.05) is 0 Å². The Hall–Kier alpha value is -0.980. The summed E-state index contributed by atoms with van der Waals surface area (Å²) in [6, 6.07) is 7.74. The zero-order valence-electron chi connectivity index (χ0n) is 20.5. The smallest absolute Gasteiger partial charge is 0.115 e. The van der Waals surface area contributed by atoms with E-state index in [1.54, 1.807) is 0 Å². The van der Waals surface area contributed by atoms with Gasteiger partial charge in [0.25, 0.3) is 0 Å². The summed E-state index contributed by atoms with van der Waals surface area (Å²) in [4.78, 5) is 0. The van der Waals surface area contributed by atoms with Gasteiger partial charge in [-0.3, -0.25) is 0 Å². The van der Waals surface area contributed by atoms with Gasteiger partial charge in [0.2, 0.25) is 0 Å². The van der Waals surface area contributed by atoms with Gasteiger partial charge in [-0.15, -0.1) is 0 Å². The first-order valence-corrected chi connectivity index (χ1v) is 13.5. The van der Waals surface area contributed by atoms with Gasteiger partial charge in [0.15, 0.2) is 0 Å². The average molecular weight is 417 g/mol. The van der Waals surface area contributed by atoms with Crippen molar-refractivity contribution in [2.75, 3.05) is 0 Å². The first-order valence-electron chi connectivity index (χ1n) is 13.5. The van der Waals surface area contributed by atoms with E-state index in [0.29, 0.717) is 5.75 Å². The Kier molecular flexibility index (Phi) is 18.0. The third-order valence-electron chi connectivity index (χ3n) is 6.81. The van der Waals surface area contributed by atoms with Crippen molar-refractivity contribution in [1.82, 2.24) is 0 Å². The molecule has 1 rings (SSSR count). The highest BCUT2D eigenvalue weighted by Crippen LogP contribution is 2.22. The maximum Gasteiger partial charge on any atom is 0.115 e. The van der Waals surface area contributed by atoms with Crippen LogP contribution in [0.25, 0.3) is 0 Å². The SMILES string of the molecule is CCCCCCCCCCCCCCCCCC(CC)CCCc1ccc(O)cc1. The van der Waals surface area contributed by atoms with Gasteiger partial charge in [-0.05, 0) is 36.5 Å². The standard InChI is InChI=1S/C29H52O/c1-3-5-6-7-8-9-10-11-12-13-14-15-16-17-18-20-27(4-2)21-19-22-28-23-25-29(30)26-24-28/h23-27,30H,3-22H2,1-2H3. The van der Waals surface area contributed by atoms with Crippen molar-refractivity contribution in [1.29, 1.82) is 0 Å². The fourth-order valence-corrected chi connectivity index (χ4v) is 4.61. The maximum absolute atomic E-state index is 9.37. The molecule has 1 unspecified atom stereocenters. The second-order valence-electron chi connectivity index (χ2n) is 9.57. The lowest BCUT2D eigenvalue weighted by atomic mass is 9.92. The minimum absolute atomic E-state index is 0.373. The molecule has 0 aliphatic carbocycles. The van der Waals surface area contributed by atoms with E-state index in [1.165, 1.54) is 128 Å². The predicted molar refractivity (Wildman–Crippen MR) is 134 cm³/mol. The molecule has 1 nitrogen and oxygen atoms in total. The highest BCUT2D eigenvalue weighted by atomic mass is 16.3. The molecule has 0 aliphatic heterocycles. The molecule has 0 fully saturated rings. The summed E-state index contributed by atoms with van der Waals surface area (Å²) in [6.07, 6.45) is 28.3. The maximum atomic E-state index is 9.37. The number of unbranched alkanes of at least 4 members (excludes halogenated alkanes) is 14. The van der Waals surface area contributed by atoms with Crippen LogP contribution in [0.1, 0.15) is 141 Å². The van der Waals surface area contributed by atoms with Crippen LogP contribution in [-0.2, 0) is 6.42 Å². The third kappa shape index (κ3) is 15.8. The molecule has 0 amide bonds. The molecule has 1 aromatic carbocycles. The van der Waals surface area contributed by atoms with Crippen molar-refractivity contribution >= 4 is 0 Å². The Balaban J connectivity index is 1.85. The van der Waals surface area contributed by atoms with Gasteiger partial charge in [-0.25, -0.2) is 0 Å². The number of phenolic OH excluding ortho intramolecular Hbond substituents is 1. The van der Waals surface area contributed by atoms with E-state index < -0.39 is 0 Å². The lowest BCUT2D eigenvalue weighted by molar-refractivity contribution is 0.401. The molecular formula is C29H52O. The number of phenols is 1. The Morgan fingerprint density at radius 3 is 1.47 bits per heavy atom. The molecule has 1 N–H and O–H groups in total. The number of hydrogen-bond acceptors (Lipinski definition) is 1. The van der Waals surface area contributed by atoms with Crippen molar-refractivity contribution < 1.29 is 5.11 Å². The Labute approximate surface area is 189 Å². The van der Waals surface area contributed by atoms with Gasteiger partial charge in [0.05, 0.1) is 0 Å². The fourth-order valence-electron chi connectivity index (χ4n) is 4.61. The zero-order chi connectivity index (χ0) is 21.7. The number of benzene rings is 1. The summed E-state index contributed by atoms with van der Waals surface area (Å²) in [7, 11) is 0. The lowest BCUT2D eigenvalue weighted by Crippen LogP contribution is -2.00. The Bertz CT molecular complexity index is 464. The molecule has 0 spiro atoms. The number of aromatic hydroxyl groups is 1. The second kappa shape index (κ2) is 20.0. The topological polar surface area (TPSA) is 20.2 Å². The van der Waals surface area contributed by atoms with Crippen LogP contribution in [0.3, 0.4) is 0 Å². The minimum atomic E-state index is 0.373. The van der Waals surface area contributed by atoms with Gasteiger partial charge < -0.3 is 5.11 Å². The Morgan fingerprint density at radius 2 is 1.00 bits per heavy atom. The fraction of sp³-hybridized carbons (Fsp3) is 0.793. The van der Waals surface area contributed by atoms with E-state index in [9.17, 15) is 5.11 Å². The van der Waals surface area contributed by atoms with Crippen LogP contribution in [0.4, 0.5) is 0 Å². The summed E-state index contributed by atoms with van der Waals surface area (Å²) in [5.41, 5.74) is 1.36. The van der Waals surface area contributed by atoms with E-state index in [4.69, 9.17) is 0 Å². The number of rotatable bonds is 21. The van der Waals surface area contributed by atoms with Gasteiger partial charge >= 0.3 is 0 Å². The summed E-state index contributed by atoms with van der Waals surface area (Å²) in [6.45, 7) is 4.65. The van der Waals surface area contributed by atoms with E-state index in [0.717, 1.165) is 12.3 Å². The van der Waals surface area contributed by atoms with Crippen molar-refractivity contribution in [3.63, 3.8) is 0 Å². The number of hydrogen-bond donors (Lipinski definition) is 1. The van der Waals surface area contributed by atoms with Gasteiger partial charge in [-0.1, -0.05) is 142 Å². The first kappa shape index (κ1) is 27.1. The monoisotopic (exact) mass is 416 g/mol. The largest absolute Gasteiger partial charge is 0.508 e. The molecule has 0 heterocycles. The molecule has 0 saturated heterocycles. The normalized spacial score (nSPS) is 12.3. The molecule has 174 valence electrons. The molecule has 0 aliphatic rings. The minimum Gasteiger partial charge on any atom is -0.508 e. The quantitative estimate of drug-likeness (QED) is 0.198. The van der Waals surface area contributed by atoms with Crippen molar-refractivity contribution in [2.24, 2.45) is 5.92 Å². The summed E-state index contributed by atoms with van der Waals surface area (Å²) in [5, 5.41) is 9.37. The molecule has 0 aromatic heterocycles. The average Bonchev–Trinajstić information content (AvgIpc) is 2.76. The molecule has 1 aromatic rings. The first-order chi connectivity index (χ1) is 14.8. The number of aryl methyl sites for hydroxylation is 1. The van der Waals surface area contributed by atoms with E-state index in [-0.39, 0.29) is 0 Å². The molecule has 1 heteroatoms. The van der Waals surface area contributed by atoms with Crippen LogP contribution < -0.4 is 0 Å². The predicted octanol–water partition coefficient (Wildman–Crippen LogP) is 10.0. The molecule has 1 atom stereocenters. The van der Waals surface area contributed by atoms with Crippen molar-refractivity contribution in [3.8, 4) is 5.75 Å². The van der Waals surface area contributed by atoms with Crippen LogP contribution >= 0.6 is 0 Å². The lowest BCUT2D eigenvalue weighted by Gasteiger charge is -2.14. The van der Waals surface area contributed by atoms with Crippen LogP contribution in [0.2, 0.25) is 0 Å². The molecule has 0 radical (unpaired) electrons. The molecule has 0 saturated carbocycles. The summed E-state index contributed by atoms with van der Waals surface area (Å²) >= 11 is 0. The summed E-state index contributed by atoms with van der Waals surface area (Å²) in [5.74, 6) is 1.28. The van der Waals surface area contributed by atoms with Crippen LogP contribution in [0.5, 0.6) is 5.75 Å². The van der Waals surface area contributed by atoms with Crippen molar-refractivity contribution in [3.05, 3.63) is 29.8 Å². The second-order valence-corrected chi connectivity index (χ2v) is 9.57. The zero-order valence-corrected chi connectivity index (χ0v) is 20.5. The Morgan fingerprint density at radius 1 is 0.567 bits per heavy atom. The van der Waals surface area contributed by atoms with Crippen LogP contribution in [0.15, 0.2) is 24.3 Å². The van der Waals surface area contributed by atoms with Crippen LogP contribution in [0, 0.1) is 5.92 Å². The third-order valence-corrected chi connectivity index (χ3v) is 6.81. The van der Waals surface area contributed by atoms with Crippen molar-refractivity contribution in [2.45, 2.75) is 142 Å². The van der Waals surface area contributed by atoms with Gasteiger partial charge in [-0.2, -0.15) is 0 Å². The van der Waals surface area contributed by atoms with Gasteiger partial charge in [0.1, 0.15) is 5.75 Å². The van der Waals surface area contributed by atoms with E-state index in [1.807, 2.05) is 12.1 Å². The molecular weight excluding hydrogens is 364 g/mol. The van der Waals surface area contributed by atoms with E-state index >= 15 is 0 Å². The molecule has 30 heavy (non-hydrogen) atoms. The highest BCUT2D eigenvalue weighted by molar-refractivity contribution is 5.25. The van der Waals surface area contributed by atoms with E-state index in [2.05, 4.69) is 26.0 Å². The highest BCUT2D eigenvalue weighted by Gasteiger charge is 2.06.